The van der Waals surface area contributed by atoms with Gasteiger partial charge in [0.15, 0.2) is 0 Å². The fourth-order valence-electron chi connectivity index (χ4n) is 2.08. The number of carboxylic acids is 1. The highest BCUT2D eigenvalue weighted by atomic mass is 79.9. The number of likely N-dealkylation sites (tertiary alicyclic amines) is 1. The van der Waals surface area contributed by atoms with Gasteiger partial charge in [-0.1, -0.05) is 6.42 Å². The summed E-state index contributed by atoms with van der Waals surface area (Å²) in [5.74, 6) is 0.0653. The number of halogens is 1. The van der Waals surface area contributed by atoms with E-state index in [1.165, 1.54) is 0 Å². The molecule has 1 aliphatic heterocycles. The largest absolute Gasteiger partial charge is 0.480 e. The van der Waals surface area contributed by atoms with E-state index in [4.69, 9.17) is 9.52 Å². The number of nitrogens with zero attached hydrogens (tertiary/aromatic N) is 1. The quantitative estimate of drug-likeness (QED) is 0.928. The summed E-state index contributed by atoms with van der Waals surface area (Å²) in [4.78, 5) is 13.1. The van der Waals surface area contributed by atoms with Crippen LogP contribution in [-0.4, -0.2) is 28.6 Å². The Morgan fingerprint density at radius 3 is 3.06 bits per heavy atom. The Hall–Kier alpha value is -0.810. The van der Waals surface area contributed by atoms with E-state index in [0.717, 1.165) is 36.0 Å². The standard InChI is InChI=1S/C11H14BrNO3/c12-8-4-6-16-10(8)7-13-5-2-1-3-9(13)11(14)15/h4,6,9H,1-3,5,7H2,(H,14,15). The Morgan fingerprint density at radius 2 is 2.44 bits per heavy atom. The zero-order chi connectivity index (χ0) is 11.5. The van der Waals surface area contributed by atoms with Gasteiger partial charge < -0.3 is 9.52 Å². The molecule has 0 radical (unpaired) electrons. The molecular weight excluding hydrogens is 274 g/mol. The minimum atomic E-state index is -0.734. The lowest BCUT2D eigenvalue weighted by Gasteiger charge is -2.32. The van der Waals surface area contributed by atoms with Gasteiger partial charge in [0.2, 0.25) is 0 Å². The summed E-state index contributed by atoms with van der Waals surface area (Å²) in [6, 6.07) is 1.46. The fraction of sp³-hybridized carbons (Fsp3) is 0.545. The Labute approximate surface area is 102 Å². The predicted octanol–water partition coefficient (Wildman–Crippen LogP) is 2.48. The molecule has 0 spiro atoms. The minimum Gasteiger partial charge on any atom is -0.480 e. The Kier molecular flexibility index (Phi) is 3.66. The van der Waals surface area contributed by atoms with Gasteiger partial charge in [-0.3, -0.25) is 9.69 Å². The summed E-state index contributed by atoms with van der Waals surface area (Å²) >= 11 is 3.38. The number of aliphatic carboxylic acids is 1. The van der Waals surface area contributed by atoms with Gasteiger partial charge in [-0.15, -0.1) is 0 Å². The van der Waals surface area contributed by atoms with Gasteiger partial charge >= 0.3 is 5.97 Å². The second-order valence-electron chi connectivity index (χ2n) is 4.01. The van der Waals surface area contributed by atoms with Crippen LogP contribution in [0.25, 0.3) is 0 Å². The molecule has 1 aromatic rings. The first kappa shape index (κ1) is 11.7. The van der Waals surface area contributed by atoms with Crippen LogP contribution in [0.4, 0.5) is 0 Å². The van der Waals surface area contributed by atoms with Gasteiger partial charge in [0.25, 0.3) is 0 Å². The third kappa shape index (κ3) is 2.47. The van der Waals surface area contributed by atoms with Crippen LogP contribution in [0.15, 0.2) is 21.2 Å². The van der Waals surface area contributed by atoms with Crippen molar-refractivity contribution in [3.63, 3.8) is 0 Å². The molecule has 0 aromatic carbocycles. The van der Waals surface area contributed by atoms with Gasteiger partial charge in [-0.25, -0.2) is 0 Å². The molecule has 0 aliphatic carbocycles. The molecule has 2 heterocycles. The molecule has 1 aliphatic rings. The number of hydrogen-bond acceptors (Lipinski definition) is 3. The number of furan rings is 1. The monoisotopic (exact) mass is 287 g/mol. The SMILES string of the molecule is O=C(O)C1CCCCN1Cc1occc1Br. The third-order valence-corrected chi connectivity index (χ3v) is 3.64. The summed E-state index contributed by atoms with van der Waals surface area (Å²) in [5.41, 5.74) is 0. The highest BCUT2D eigenvalue weighted by molar-refractivity contribution is 9.10. The first-order chi connectivity index (χ1) is 7.68. The summed E-state index contributed by atoms with van der Waals surface area (Å²) in [5, 5.41) is 9.12. The van der Waals surface area contributed by atoms with Crippen molar-refractivity contribution < 1.29 is 14.3 Å². The van der Waals surface area contributed by atoms with E-state index < -0.39 is 5.97 Å². The van der Waals surface area contributed by atoms with Crippen LogP contribution in [0.3, 0.4) is 0 Å². The molecule has 16 heavy (non-hydrogen) atoms. The summed E-state index contributed by atoms with van der Waals surface area (Å²) < 4.78 is 6.22. The molecule has 88 valence electrons. The van der Waals surface area contributed by atoms with Gasteiger partial charge in [-0.2, -0.15) is 0 Å². The molecule has 4 nitrogen and oxygen atoms in total. The van der Waals surface area contributed by atoms with Crippen LogP contribution in [0.1, 0.15) is 25.0 Å². The second kappa shape index (κ2) is 5.01. The van der Waals surface area contributed by atoms with Crippen LogP contribution in [0.5, 0.6) is 0 Å². The number of hydrogen-bond donors (Lipinski definition) is 1. The van der Waals surface area contributed by atoms with Crippen molar-refractivity contribution in [2.24, 2.45) is 0 Å². The van der Waals surface area contributed by atoms with Crippen LogP contribution < -0.4 is 0 Å². The molecule has 0 amide bonds. The van der Waals surface area contributed by atoms with Crippen molar-refractivity contribution in [1.29, 1.82) is 0 Å². The number of carboxylic acid groups (broad SMARTS) is 1. The van der Waals surface area contributed by atoms with Crippen molar-refractivity contribution in [1.82, 2.24) is 4.90 Å². The number of piperidine rings is 1. The number of carbonyl (C=O) groups is 1. The molecule has 1 aromatic heterocycles. The van der Waals surface area contributed by atoms with Gasteiger partial charge in [0, 0.05) is 0 Å². The lowest BCUT2D eigenvalue weighted by molar-refractivity contribution is -0.145. The molecule has 0 bridgehead atoms. The predicted molar refractivity (Wildman–Crippen MR) is 62.1 cm³/mol. The second-order valence-corrected chi connectivity index (χ2v) is 4.87. The van der Waals surface area contributed by atoms with Crippen LogP contribution in [-0.2, 0) is 11.3 Å². The van der Waals surface area contributed by atoms with E-state index in [-0.39, 0.29) is 6.04 Å². The molecule has 2 rings (SSSR count). The fourth-order valence-corrected chi connectivity index (χ4v) is 2.41. The normalized spacial score (nSPS) is 22.2. The maximum absolute atomic E-state index is 11.1. The highest BCUT2D eigenvalue weighted by Gasteiger charge is 2.29. The van der Waals surface area contributed by atoms with Crippen molar-refractivity contribution >= 4 is 21.9 Å². The van der Waals surface area contributed by atoms with E-state index in [2.05, 4.69) is 15.9 Å². The van der Waals surface area contributed by atoms with Crippen molar-refractivity contribution in [3.8, 4) is 0 Å². The third-order valence-electron chi connectivity index (χ3n) is 2.94. The van der Waals surface area contributed by atoms with Crippen molar-refractivity contribution in [2.75, 3.05) is 6.54 Å². The molecule has 0 saturated carbocycles. The van der Waals surface area contributed by atoms with Crippen molar-refractivity contribution in [3.05, 3.63) is 22.6 Å². The first-order valence-corrected chi connectivity index (χ1v) is 6.16. The van der Waals surface area contributed by atoms with Crippen LogP contribution >= 0.6 is 15.9 Å². The zero-order valence-electron chi connectivity index (χ0n) is 8.86. The van der Waals surface area contributed by atoms with Gasteiger partial charge in [-0.05, 0) is 41.4 Å². The van der Waals surface area contributed by atoms with Gasteiger partial charge in [0.1, 0.15) is 11.8 Å². The lowest BCUT2D eigenvalue weighted by atomic mass is 10.0. The maximum atomic E-state index is 11.1. The average molecular weight is 288 g/mol. The number of rotatable bonds is 3. The highest BCUT2D eigenvalue weighted by Crippen LogP contribution is 2.24. The minimum absolute atomic E-state index is 0.370. The molecule has 1 fully saturated rings. The summed E-state index contributed by atoms with van der Waals surface area (Å²) in [6.07, 6.45) is 4.39. The van der Waals surface area contributed by atoms with Gasteiger partial charge in [0.05, 0.1) is 17.3 Å². The Bertz CT molecular complexity index is 377. The first-order valence-electron chi connectivity index (χ1n) is 5.37. The Morgan fingerprint density at radius 1 is 1.62 bits per heavy atom. The smallest absolute Gasteiger partial charge is 0.320 e. The molecule has 1 N–H and O–H groups in total. The maximum Gasteiger partial charge on any atom is 0.320 e. The molecule has 1 saturated heterocycles. The molecule has 1 unspecified atom stereocenters. The topological polar surface area (TPSA) is 53.7 Å². The van der Waals surface area contributed by atoms with E-state index in [0.29, 0.717) is 6.54 Å². The van der Waals surface area contributed by atoms with Crippen LogP contribution in [0.2, 0.25) is 0 Å². The summed E-state index contributed by atoms with van der Waals surface area (Å²) in [7, 11) is 0. The zero-order valence-corrected chi connectivity index (χ0v) is 10.4. The lowest BCUT2D eigenvalue weighted by Crippen LogP contribution is -2.43. The molecular formula is C11H14BrNO3. The Balaban J connectivity index is 2.07. The van der Waals surface area contributed by atoms with E-state index in [1.807, 2.05) is 11.0 Å². The van der Waals surface area contributed by atoms with Crippen molar-refractivity contribution in [2.45, 2.75) is 31.8 Å². The molecule has 5 heteroatoms. The van der Waals surface area contributed by atoms with E-state index >= 15 is 0 Å². The van der Waals surface area contributed by atoms with Crippen LogP contribution in [0, 0.1) is 0 Å². The van der Waals surface area contributed by atoms with E-state index in [1.54, 1.807) is 6.26 Å². The average Bonchev–Trinajstić information content (AvgIpc) is 2.65. The van der Waals surface area contributed by atoms with E-state index in [9.17, 15) is 4.79 Å². The molecule has 1 atom stereocenters. The summed E-state index contributed by atoms with van der Waals surface area (Å²) in [6.45, 7) is 1.38.